The van der Waals surface area contributed by atoms with Crippen LogP contribution in [0.1, 0.15) is 21.7 Å². The highest BCUT2D eigenvalue weighted by Gasteiger charge is 2.40. The van der Waals surface area contributed by atoms with Crippen molar-refractivity contribution in [2.24, 2.45) is 0 Å². The average molecular weight is 244 g/mol. The van der Waals surface area contributed by atoms with E-state index in [4.69, 9.17) is 5.11 Å². The van der Waals surface area contributed by atoms with Gasteiger partial charge in [0, 0.05) is 6.20 Å². The SMILES string of the molecule is Cc1ccc2nc(C(F)(F)F)c(C(=O)O)n2c1. The van der Waals surface area contributed by atoms with Gasteiger partial charge in [-0.05, 0) is 18.6 Å². The number of imidazole rings is 1. The lowest BCUT2D eigenvalue weighted by atomic mass is 10.3. The van der Waals surface area contributed by atoms with E-state index < -0.39 is 23.5 Å². The molecular formula is C10H7F3N2O2. The molecule has 0 unspecified atom stereocenters. The number of alkyl halides is 3. The average Bonchev–Trinajstić information content (AvgIpc) is 2.55. The highest BCUT2D eigenvalue weighted by molar-refractivity contribution is 5.88. The Morgan fingerprint density at radius 2 is 2.06 bits per heavy atom. The van der Waals surface area contributed by atoms with Crippen molar-refractivity contribution in [3.63, 3.8) is 0 Å². The first kappa shape index (κ1) is 11.4. The summed E-state index contributed by atoms with van der Waals surface area (Å²) in [6.07, 6.45) is -3.48. The third-order valence-corrected chi connectivity index (χ3v) is 2.24. The predicted molar refractivity (Wildman–Crippen MR) is 51.9 cm³/mol. The third-order valence-electron chi connectivity index (χ3n) is 2.24. The molecule has 0 radical (unpaired) electrons. The van der Waals surface area contributed by atoms with E-state index in [2.05, 4.69) is 4.98 Å². The number of pyridine rings is 1. The van der Waals surface area contributed by atoms with E-state index in [9.17, 15) is 18.0 Å². The first-order chi connectivity index (χ1) is 7.80. The maximum atomic E-state index is 12.6. The molecule has 2 aromatic heterocycles. The Balaban J connectivity index is 2.86. The number of halogens is 3. The molecule has 7 heteroatoms. The minimum absolute atomic E-state index is 0.0414. The van der Waals surface area contributed by atoms with Crippen molar-refractivity contribution in [3.8, 4) is 0 Å². The fraction of sp³-hybridized carbons (Fsp3) is 0.200. The van der Waals surface area contributed by atoms with E-state index in [0.29, 0.717) is 5.56 Å². The lowest BCUT2D eigenvalue weighted by Crippen LogP contribution is -2.13. The Hall–Kier alpha value is -2.05. The van der Waals surface area contributed by atoms with Crippen LogP contribution < -0.4 is 0 Å². The van der Waals surface area contributed by atoms with Gasteiger partial charge in [-0.25, -0.2) is 9.78 Å². The molecule has 0 spiro atoms. The van der Waals surface area contributed by atoms with Crippen LogP contribution in [0.15, 0.2) is 18.3 Å². The molecule has 90 valence electrons. The van der Waals surface area contributed by atoms with Gasteiger partial charge in [-0.2, -0.15) is 13.2 Å². The number of aromatic carboxylic acids is 1. The Kier molecular flexibility index (Phi) is 2.34. The predicted octanol–water partition coefficient (Wildman–Crippen LogP) is 2.36. The van der Waals surface area contributed by atoms with Gasteiger partial charge in [0.15, 0.2) is 11.4 Å². The fourth-order valence-electron chi connectivity index (χ4n) is 1.55. The van der Waals surface area contributed by atoms with Crippen molar-refractivity contribution in [2.45, 2.75) is 13.1 Å². The second-order valence-corrected chi connectivity index (χ2v) is 3.55. The number of aryl methyl sites for hydroxylation is 1. The summed E-state index contributed by atoms with van der Waals surface area (Å²) in [6.45, 7) is 1.65. The second-order valence-electron chi connectivity index (χ2n) is 3.55. The number of carboxylic acids is 1. The van der Waals surface area contributed by atoms with Crippen LogP contribution in [0.5, 0.6) is 0 Å². The number of carbonyl (C=O) groups is 1. The molecule has 0 saturated carbocycles. The monoisotopic (exact) mass is 244 g/mol. The molecule has 0 aromatic carbocycles. The number of hydrogen-bond donors (Lipinski definition) is 1. The van der Waals surface area contributed by atoms with Crippen molar-refractivity contribution < 1.29 is 23.1 Å². The molecule has 2 aromatic rings. The van der Waals surface area contributed by atoms with E-state index in [-0.39, 0.29) is 5.65 Å². The van der Waals surface area contributed by atoms with Crippen molar-refractivity contribution in [3.05, 3.63) is 35.3 Å². The summed E-state index contributed by atoms with van der Waals surface area (Å²) in [6, 6.07) is 2.91. The fourth-order valence-corrected chi connectivity index (χ4v) is 1.55. The molecule has 0 aliphatic heterocycles. The van der Waals surface area contributed by atoms with E-state index in [1.54, 1.807) is 13.0 Å². The van der Waals surface area contributed by atoms with Crippen LogP contribution >= 0.6 is 0 Å². The summed E-state index contributed by atoms with van der Waals surface area (Å²) in [5, 5.41) is 8.85. The summed E-state index contributed by atoms with van der Waals surface area (Å²) in [7, 11) is 0. The summed E-state index contributed by atoms with van der Waals surface area (Å²) < 4.78 is 38.8. The lowest BCUT2D eigenvalue weighted by molar-refractivity contribution is -0.141. The Morgan fingerprint density at radius 3 is 2.59 bits per heavy atom. The minimum Gasteiger partial charge on any atom is -0.476 e. The highest BCUT2D eigenvalue weighted by Crippen LogP contribution is 2.32. The van der Waals surface area contributed by atoms with Gasteiger partial charge in [0.25, 0.3) is 0 Å². The largest absolute Gasteiger partial charge is 0.476 e. The molecule has 0 atom stereocenters. The van der Waals surface area contributed by atoms with Gasteiger partial charge in [0.05, 0.1) is 0 Å². The van der Waals surface area contributed by atoms with Gasteiger partial charge in [-0.15, -0.1) is 0 Å². The quantitative estimate of drug-likeness (QED) is 0.837. The van der Waals surface area contributed by atoms with Gasteiger partial charge in [0.2, 0.25) is 0 Å². The second kappa shape index (κ2) is 3.47. The van der Waals surface area contributed by atoms with Crippen LogP contribution in [-0.4, -0.2) is 20.5 Å². The Labute approximate surface area is 93.3 Å². The van der Waals surface area contributed by atoms with Gasteiger partial charge >= 0.3 is 12.1 Å². The molecule has 17 heavy (non-hydrogen) atoms. The van der Waals surface area contributed by atoms with Crippen LogP contribution in [0.25, 0.3) is 5.65 Å². The topological polar surface area (TPSA) is 54.6 Å². The van der Waals surface area contributed by atoms with Crippen LogP contribution in [0.4, 0.5) is 13.2 Å². The van der Waals surface area contributed by atoms with Crippen LogP contribution in [0, 0.1) is 6.92 Å². The Morgan fingerprint density at radius 1 is 1.41 bits per heavy atom. The molecule has 0 aliphatic rings. The maximum Gasteiger partial charge on any atom is 0.435 e. The van der Waals surface area contributed by atoms with E-state index in [1.807, 2.05) is 0 Å². The number of aromatic nitrogens is 2. The first-order valence-electron chi connectivity index (χ1n) is 4.60. The van der Waals surface area contributed by atoms with Gasteiger partial charge in [-0.1, -0.05) is 6.07 Å². The lowest BCUT2D eigenvalue weighted by Gasteiger charge is -2.03. The van der Waals surface area contributed by atoms with E-state index in [1.165, 1.54) is 12.3 Å². The van der Waals surface area contributed by atoms with Crippen molar-refractivity contribution in [1.82, 2.24) is 9.38 Å². The van der Waals surface area contributed by atoms with Gasteiger partial charge in [0.1, 0.15) is 5.65 Å². The summed E-state index contributed by atoms with van der Waals surface area (Å²) in [5.74, 6) is -1.66. The van der Waals surface area contributed by atoms with Crippen molar-refractivity contribution in [2.75, 3.05) is 0 Å². The summed E-state index contributed by atoms with van der Waals surface area (Å²) in [4.78, 5) is 14.2. The number of carboxylic acid groups (broad SMARTS) is 1. The number of hydrogen-bond acceptors (Lipinski definition) is 2. The molecule has 0 amide bonds. The van der Waals surface area contributed by atoms with Crippen LogP contribution in [0.3, 0.4) is 0 Å². The summed E-state index contributed by atoms with van der Waals surface area (Å²) in [5.41, 5.74) is -1.64. The van der Waals surface area contributed by atoms with Gasteiger partial charge in [-0.3, -0.25) is 4.40 Å². The highest BCUT2D eigenvalue weighted by atomic mass is 19.4. The zero-order chi connectivity index (χ0) is 12.8. The normalized spacial score (nSPS) is 12.0. The van der Waals surface area contributed by atoms with Gasteiger partial charge < -0.3 is 5.11 Å². The van der Waals surface area contributed by atoms with E-state index in [0.717, 1.165) is 4.40 Å². The standard InChI is InChI=1S/C10H7F3N2O2/c1-5-2-3-6-14-8(10(11,12)13)7(9(16)17)15(6)4-5/h2-4H,1H3,(H,16,17). The zero-order valence-electron chi connectivity index (χ0n) is 8.62. The maximum absolute atomic E-state index is 12.6. The number of nitrogens with zero attached hydrogens (tertiary/aromatic N) is 2. The third kappa shape index (κ3) is 1.83. The summed E-state index contributed by atoms with van der Waals surface area (Å²) >= 11 is 0. The van der Waals surface area contributed by atoms with Crippen molar-refractivity contribution >= 4 is 11.6 Å². The first-order valence-corrected chi connectivity index (χ1v) is 4.60. The molecule has 2 rings (SSSR count). The molecule has 2 heterocycles. The van der Waals surface area contributed by atoms with Crippen molar-refractivity contribution in [1.29, 1.82) is 0 Å². The van der Waals surface area contributed by atoms with E-state index >= 15 is 0 Å². The number of rotatable bonds is 1. The molecule has 4 nitrogen and oxygen atoms in total. The molecule has 0 fully saturated rings. The molecule has 0 bridgehead atoms. The minimum atomic E-state index is -4.78. The van der Waals surface area contributed by atoms with Crippen LogP contribution in [0.2, 0.25) is 0 Å². The Bertz CT molecular complexity index is 601. The number of fused-ring (bicyclic) bond motifs is 1. The molecule has 0 saturated heterocycles. The molecule has 1 N–H and O–H groups in total. The smallest absolute Gasteiger partial charge is 0.435 e. The van der Waals surface area contributed by atoms with Crippen LogP contribution in [-0.2, 0) is 6.18 Å². The zero-order valence-corrected chi connectivity index (χ0v) is 8.62. The molecule has 0 aliphatic carbocycles. The molecular weight excluding hydrogens is 237 g/mol.